The van der Waals surface area contributed by atoms with Gasteiger partial charge in [-0.15, -0.1) is 5.10 Å². The standard InChI is InChI=1S/C25H36N4O3S/c1-18-6-4-5-7-20(18)16-32-25(17-31-3)12-21-8-9-22(13-25)28(21)14-23(30)15-29-19(2)27-10-11-33-24(27)26-29/h4-7,21-23,30H,2,8-17H2,1,3H3. The lowest BCUT2D eigenvalue weighted by molar-refractivity contribution is -0.146. The molecule has 5 rings (SSSR count). The van der Waals surface area contributed by atoms with Crippen molar-refractivity contribution in [3.8, 4) is 0 Å². The van der Waals surface area contributed by atoms with E-state index in [1.807, 2.05) is 5.01 Å². The van der Waals surface area contributed by atoms with Gasteiger partial charge in [-0.25, -0.2) is 5.01 Å². The number of aliphatic hydroxyl groups is 1. The van der Waals surface area contributed by atoms with Gasteiger partial charge in [0.1, 0.15) is 5.82 Å². The third-order valence-corrected chi connectivity index (χ3v) is 8.53. The zero-order chi connectivity index (χ0) is 23.0. The van der Waals surface area contributed by atoms with Crippen LogP contribution in [-0.4, -0.2) is 88.0 Å². The number of amidine groups is 1. The molecule has 3 unspecified atom stereocenters. The Balaban J connectivity index is 1.20. The second-order valence-electron chi connectivity index (χ2n) is 9.86. The Kier molecular flexibility index (Phi) is 6.73. The lowest BCUT2D eigenvalue weighted by atomic mass is 9.86. The maximum Gasteiger partial charge on any atom is 0.189 e. The average Bonchev–Trinajstić information content (AvgIpc) is 3.43. The molecule has 4 aliphatic heterocycles. The summed E-state index contributed by atoms with van der Waals surface area (Å²) in [6, 6.07) is 9.26. The number of benzene rings is 1. The first-order valence-corrected chi connectivity index (χ1v) is 13.0. The number of nitrogens with zero attached hydrogens (tertiary/aromatic N) is 4. The van der Waals surface area contributed by atoms with Crippen molar-refractivity contribution < 1.29 is 14.6 Å². The maximum atomic E-state index is 10.9. The Bertz CT molecular complexity index is 895. The van der Waals surface area contributed by atoms with Gasteiger partial charge in [0.05, 0.1) is 31.5 Å². The van der Waals surface area contributed by atoms with Crippen LogP contribution in [0, 0.1) is 6.92 Å². The summed E-state index contributed by atoms with van der Waals surface area (Å²) < 4.78 is 12.3. The Hall–Kier alpha value is -1.58. The van der Waals surface area contributed by atoms with Crippen molar-refractivity contribution in [2.24, 2.45) is 5.10 Å². The first-order valence-electron chi connectivity index (χ1n) is 12.0. The van der Waals surface area contributed by atoms with Crippen LogP contribution in [0.5, 0.6) is 0 Å². The molecule has 2 bridgehead atoms. The Morgan fingerprint density at radius 1 is 1.24 bits per heavy atom. The Morgan fingerprint density at radius 2 is 2.00 bits per heavy atom. The van der Waals surface area contributed by atoms with Gasteiger partial charge in [0.25, 0.3) is 0 Å². The monoisotopic (exact) mass is 472 g/mol. The molecule has 0 radical (unpaired) electrons. The number of methoxy groups -OCH3 is 1. The SMILES string of the molecule is C=C1N(CC(O)CN2C3CCC2CC(COC)(OCc2ccccc2C)C3)N=C2SCCN12. The lowest BCUT2D eigenvalue weighted by Crippen LogP contribution is -2.56. The highest BCUT2D eigenvalue weighted by Gasteiger charge is 2.49. The minimum atomic E-state index is -0.470. The summed E-state index contributed by atoms with van der Waals surface area (Å²) in [6.07, 6.45) is 3.72. The summed E-state index contributed by atoms with van der Waals surface area (Å²) in [6.45, 7) is 9.65. The summed E-state index contributed by atoms with van der Waals surface area (Å²) >= 11 is 1.76. The van der Waals surface area contributed by atoms with Crippen LogP contribution >= 0.6 is 11.8 Å². The van der Waals surface area contributed by atoms with E-state index in [0.29, 0.717) is 38.4 Å². The van der Waals surface area contributed by atoms with E-state index >= 15 is 0 Å². The van der Waals surface area contributed by atoms with Crippen LogP contribution in [0.2, 0.25) is 0 Å². The van der Waals surface area contributed by atoms with E-state index in [1.54, 1.807) is 18.9 Å². The molecule has 0 amide bonds. The number of fused-ring (bicyclic) bond motifs is 3. The van der Waals surface area contributed by atoms with E-state index in [2.05, 4.69) is 52.7 Å². The van der Waals surface area contributed by atoms with E-state index in [4.69, 9.17) is 9.47 Å². The van der Waals surface area contributed by atoms with Gasteiger partial charge >= 0.3 is 0 Å². The van der Waals surface area contributed by atoms with Crippen LogP contribution in [0.3, 0.4) is 0 Å². The highest BCUT2D eigenvalue weighted by molar-refractivity contribution is 8.14. The van der Waals surface area contributed by atoms with Gasteiger partial charge in [-0.3, -0.25) is 4.90 Å². The molecule has 180 valence electrons. The first-order chi connectivity index (χ1) is 16.0. The zero-order valence-corrected chi connectivity index (χ0v) is 20.6. The van der Waals surface area contributed by atoms with Crippen LogP contribution in [0.4, 0.5) is 0 Å². The Morgan fingerprint density at radius 3 is 2.70 bits per heavy atom. The zero-order valence-electron chi connectivity index (χ0n) is 19.8. The van der Waals surface area contributed by atoms with Crippen molar-refractivity contribution in [2.45, 2.75) is 63.0 Å². The van der Waals surface area contributed by atoms with Gasteiger partial charge in [0, 0.05) is 38.0 Å². The molecule has 33 heavy (non-hydrogen) atoms. The molecule has 1 N–H and O–H groups in total. The summed E-state index contributed by atoms with van der Waals surface area (Å²) in [5, 5.41) is 18.5. The summed E-state index contributed by atoms with van der Waals surface area (Å²) in [5.74, 6) is 1.94. The van der Waals surface area contributed by atoms with Gasteiger partial charge in [-0.05, 0) is 43.7 Å². The minimum absolute atomic E-state index is 0.262. The molecule has 4 heterocycles. The maximum absolute atomic E-state index is 10.9. The highest BCUT2D eigenvalue weighted by atomic mass is 32.2. The quantitative estimate of drug-likeness (QED) is 0.593. The molecule has 0 saturated carbocycles. The molecule has 7 nitrogen and oxygen atoms in total. The van der Waals surface area contributed by atoms with Gasteiger partial charge in [0.2, 0.25) is 0 Å². The van der Waals surface area contributed by atoms with E-state index in [-0.39, 0.29) is 5.60 Å². The summed E-state index contributed by atoms with van der Waals surface area (Å²) in [4.78, 5) is 4.66. The van der Waals surface area contributed by atoms with Gasteiger partial charge in [-0.2, -0.15) is 0 Å². The number of aliphatic hydroxyl groups excluding tert-OH is 1. The van der Waals surface area contributed by atoms with E-state index in [1.165, 1.54) is 11.1 Å². The molecule has 0 spiro atoms. The molecular weight excluding hydrogens is 436 g/mol. The molecule has 0 aliphatic carbocycles. The van der Waals surface area contributed by atoms with Crippen LogP contribution in [0.25, 0.3) is 0 Å². The summed E-state index contributed by atoms with van der Waals surface area (Å²) in [5.41, 5.74) is 2.24. The molecule has 3 fully saturated rings. The fraction of sp³-hybridized carbons (Fsp3) is 0.640. The normalized spacial score (nSPS) is 30.2. The number of aryl methyl sites for hydroxylation is 1. The van der Waals surface area contributed by atoms with Crippen molar-refractivity contribution in [1.29, 1.82) is 0 Å². The minimum Gasteiger partial charge on any atom is -0.390 e. The molecule has 3 atom stereocenters. The number of piperidine rings is 1. The largest absolute Gasteiger partial charge is 0.390 e. The average molecular weight is 473 g/mol. The predicted molar refractivity (Wildman–Crippen MR) is 132 cm³/mol. The molecule has 1 aromatic carbocycles. The number of hydrogen-bond acceptors (Lipinski definition) is 8. The number of ether oxygens (including phenoxy) is 2. The molecule has 8 heteroatoms. The smallest absolute Gasteiger partial charge is 0.189 e. The van der Waals surface area contributed by atoms with Crippen LogP contribution in [0.1, 0.15) is 36.8 Å². The van der Waals surface area contributed by atoms with Crippen molar-refractivity contribution >= 4 is 16.9 Å². The lowest BCUT2D eigenvalue weighted by Gasteiger charge is -2.46. The molecule has 1 aromatic rings. The van der Waals surface area contributed by atoms with Crippen LogP contribution < -0.4 is 0 Å². The third kappa shape index (κ3) is 4.68. The molecule has 3 saturated heterocycles. The molecule has 4 aliphatic rings. The fourth-order valence-corrected chi connectivity index (χ4v) is 6.87. The van der Waals surface area contributed by atoms with Crippen molar-refractivity contribution in [3.63, 3.8) is 0 Å². The molecular formula is C25H36N4O3S. The van der Waals surface area contributed by atoms with Gasteiger partial charge in [-0.1, -0.05) is 42.6 Å². The topological polar surface area (TPSA) is 60.8 Å². The van der Waals surface area contributed by atoms with Crippen LogP contribution in [-0.2, 0) is 16.1 Å². The first kappa shape index (κ1) is 23.2. The van der Waals surface area contributed by atoms with Crippen molar-refractivity contribution in [1.82, 2.24) is 14.8 Å². The van der Waals surface area contributed by atoms with E-state index in [0.717, 1.165) is 49.0 Å². The van der Waals surface area contributed by atoms with Crippen molar-refractivity contribution in [2.75, 3.05) is 39.1 Å². The third-order valence-electron chi connectivity index (χ3n) is 7.59. The Labute approximate surface area is 201 Å². The second-order valence-corrected chi connectivity index (χ2v) is 10.9. The fourth-order valence-electron chi connectivity index (χ4n) is 5.91. The number of hydrazone groups is 1. The van der Waals surface area contributed by atoms with Gasteiger partial charge in [0.15, 0.2) is 5.17 Å². The van der Waals surface area contributed by atoms with E-state index in [9.17, 15) is 5.11 Å². The number of thioether (sulfide) groups is 1. The molecule has 0 aromatic heterocycles. The second kappa shape index (κ2) is 9.58. The van der Waals surface area contributed by atoms with E-state index < -0.39 is 6.10 Å². The van der Waals surface area contributed by atoms with Gasteiger partial charge < -0.3 is 19.5 Å². The number of hydrogen-bond donors (Lipinski definition) is 1. The van der Waals surface area contributed by atoms with Crippen LogP contribution in [0.15, 0.2) is 41.8 Å². The van der Waals surface area contributed by atoms with Crippen molar-refractivity contribution in [3.05, 3.63) is 47.8 Å². The number of β-amino-alcohol motifs (C(OH)–C–C–N with tert-alkyl or cyclic N) is 1. The predicted octanol–water partition coefficient (Wildman–Crippen LogP) is 2.99. The highest BCUT2D eigenvalue weighted by Crippen LogP contribution is 2.43. The number of rotatable bonds is 9. The summed E-state index contributed by atoms with van der Waals surface area (Å²) in [7, 11) is 1.77.